The minimum Gasteiger partial charge on any atom is -0.490 e. The van der Waals surface area contributed by atoms with Crippen LogP contribution in [0.4, 0.5) is 17.3 Å². The molecule has 2 aliphatic rings. The second-order valence-electron chi connectivity index (χ2n) is 7.38. The van der Waals surface area contributed by atoms with Gasteiger partial charge in [-0.05, 0) is 31.4 Å². The molecule has 1 spiro atoms. The van der Waals surface area contributed by atoms with Gasteiger partial charge in [-0.2, -0.15) is 0 Å². The van der Waals surface area contributed by atoms with Crippen molar-refractivity contribution in [2.45, 2.75) is 51.0 Å². The van der Waals surface area contributed by atoms with Gasteiger partial charge in [0.2, 0.25) is 5.75 Å². The number of nitrogens with one attached hydrogen (secondary N) is 1. The molecular weight excluding hydrogens is 346 g/mol. The summed E-state index contributed by atoms with van der Waals surface area (Å²) in [7, 11) is 1.47. The van der Waals surface area contributed by atoms with Gasteiger partial charge in [0.15, 0.2) is 17.4 Å². The molecule has 0 saturated heterocycles. The first-order valence-electron chi connectivity index (χ1n) is 9.19. The van der Waals surface area contributed by atoms with Crippen LogP contribution in [0.3, 0.4) is 0 Å². The highest BCUT2D eigenvalue weighted by Gasteiger charge is 2.45. The Kier molecular flexibility index (Phi) is 4.13. The molecule has 1 aliphatic heterocycles. The van der Waals surface area contributed by atoms with Crippen LogP contribution in [0, 0.1) is 6.92 Å². The zero-order chi connectivity index (χ0) is 19.2. The number of fused-ring (bicyclic) bond motifs is 2. The van der Waals surface area contributed by atoms with Crippen molar-refractivity contribution in [3.05, 3.63) is 34.0 Å². The van der Waals surface area contributed by atoms with Crippen LogP contribution in [0.15, 0.2) is 17.2 Å². The van der Waals surface area contributed by atoms with Gasteiger partial charge in [0.05, 0.1) is 18.3 Å². The molecule has 1 fully saturated rings. The Bertz CT molecular complexity index is 976. The van der Waals surface area contributed by atoms with E-state index in [2.05, 4.69) is 15.3 Å². The summed E-state index contributed by atoms with van der Waals surface area (Å²) in [6, 6.07) is 1.70. The van der Waals surface area contributed by atoms with Gasteiger partial charge in [-0.3, -0.25) is 14.2 Å². The average molecular weight is 369 g/mol. The van der Waals surface area contributed by atoms with Gasteiger partial charge in [-0.25, -0.2) is 9.97 Å². The Morgan fingerprint density at radius 1 is 1.22 bits per heavy atom. The van der Waals surface area contributed by atoms with Crippen LogP contribution in [-0.2, 0) is 5.54 Å². The molecule has 142 valence electrons. The summed E-state index contributed by atoms with van der Waals surface area (Å²) < 4.78 is 7.00. The van der Waals surface area contributed by atoms with E-state index in [1.165, 1.54) is 13.4 Å². The molecule has 0 amide bonds. The van der Waals surface area contributed by atoms with E-state index in [0.29, 0.717) is 23.6 Å². The van der Waals surface area contributed by atoms with Crippen LogP contribution < -0.4 is 21.3 Å². The van der Waals surface area contributed by atoms with Crippen molar-refractivity contribution in [1.29, 1.82) is 0 Å². The van der Waals surface area contributed by atoms with Gasteiger partial charge in [0, 0.05) is 6.42 Å². The Morgan fingerprint density at radius 2 is 1.96 bits per heavy atom. The number of methoxy groups -OCH3 is 1. The molecular formula is C19H23N5O3. The van der Waals surface area contributed by atoms with Gasteiger partial charge in [0.25, 0.3) is 5.56 Å². The standard InChI is InChI=1S/C19H23N5O3/c1-11-8-12(23-17-15(27-2)16(20)21-10-22-17)18(26)24-14(11)13(25)9-19(24)6-4-3-5-7-19/h8,10H,3-7,9H2,1-2H3,(H3,20,21,22,23). The van der Waals surface area contributed by atoms with Crippen LogP contribution in [0.2, 0.25) is 0 Å². The average Bonchev–Trinajstić information content (AvgIpc) is 2.92. The molecule has 0 aromatic carbocycles. The number of carbonyl (C=O) groups excluding carboxylic acids is 1. The minimum atomic E-state index is -0.390. The van der Waals surface area contributed by atoms with Crippen molar-refractivity contribution in [3.8, 4) is 5.75 Å². The molecule has 3 heterocycles. The first-order valence-corrected chi connectivity index (χ1v) is 9.19. The normalized spacial score (nSPS) is 17.8. The highest BCUT2D eigenvalue weighted by atomic mass is 16.5. The zero-order valence-electron chi connectivity index (χ0n) is 15.5. The molecule has 4 rings (SSSR count). The number of ketones is 1. The maximum Gasteiger partial charge on any atom is 0.275 e. The third kappa shape index (κ3) is 2.67. The number of aryl methyl sites for hydroxylation is 1. The number of ether oxygens (including phenoxy) is 1. The number of rotatable bonds is 3. The van der Waals surface area contributed by atoms with Gasteiger partial charge in [0.1, 0.15) is 12.0 Å². The first kappa shape index (κ1) is 17.5. The summed E-state index contributed by atoms with van der Waals surface area (Å²) in [5.41, 5.74) is 6.91. The summed E-state index contributed by atoms with van der Waals surface area (Å²) in [5, 5.41) is 3.04. The van der Waals surface area contributed by atoms with E-state index in [9.17, 15) is 9.59 Å². The monoisotopic (exact) mass is 369 g/mol. The number of nitrogens with zero attached hydrogens (tertiary/aromatic N) is 3. The molecule has 0 unspecified atom stereocenters. The number of hydrogen-bond donors (Lipinski definition) is 2. The summed E-state index contributed by atoms with van der Waals surface area (Å²) >= 11 is 0. The van der Waals surface area contributed by atoms with Gasteiger partial charge in [-0.1, -0.05) is 19.3 Å². The highest BCUT2D eigenvalue weighted by Crippen LogP contribution is 2.43. The van der Waals surface area contributed by atoms with E-state index in [1.807, 2.05) is 6.92 Å². The maximum atomic E-state index is 13.4. The van der Waals surface area contributed by atoms with Crippen molar-refractivity contribution < 1.29 is 9.53 Å². The van der Waals surface area contributed by atoms with Crippen molar-refractivity contribution in [2.24, 2.45) is 0 Å². The zero-order valence-corrected chi connectivity index (χ0v) is 15.5. The number of anilines is 3. The maximum absolute atomic E-state index is 13.4. The van der Waals surface area contributed by atoms with Crippen LogP contribution in [0.5, 0.6) is 5.75 Å². The van der Waals surface area contributed by atoms with E-state index in [1.54, 1.807) is 10.6 Å². The number of nitrogens with two attached hydrogens (primary N) is 1. The van der Waals surface area contributed by atoms with Crippen molar-refractivity contribution in [1.82, 2.24) is 14.5 Å². The van der Waals surface area contributed by atoms with Crippen LogP contribution in [0.1, 0.15) is 54.6 Å². The van der Waals surface area contributed by atoms with Crippen LogP contribution in [0.25, 0.3) is 0 Å². The second kappa shape index (κ2) is 6.37. The number of hydrogen-bond acceptors (Lipinski definition) is 7. The molecule has 0 atom stereocenters. The van der Waals surface area contributed by atoms with Crippen LogP contribution in [-0.4, -0.2) is 27.4 Å². The first-order chi connectivity index (χ1) is 13.0. The second-order valence-corrected chi connectivity index (χ2v) is 7.38. The van der Waals surface area contributed by atoms with E-state index < -0.39 is 0 Å². The van der Waals surface area contributed by atoms with Gasteiger partial charge >= 0.3 is 0 Å². The lowest BCUT2D eigenvalue weighted by Gasteiger charge is -2.35. The van der Waals surface area contributed by atoms with E-state index >= 15 is 0 Å². The van der Waals surface area contributed by atoms with Crippen molar-refractivity contribution >= 4 is 23.1 Å². The molecule has 27 heavy (non-hydrogen) atoms. The number of nitrogen functional groups attached to an aromatic ring is 1. The molecule has 1 saturated carbocycles. The lowest BCUT2D eigenvalue weighted by atomic mass is 9.80. The summed E-state index contributed by atoms with van der Waals surface area (Å²) in [6.45, 7) is 1.86. The van der Waals surface area contributed by atoms with E-state index in [4.69, 9.17) is 10.5 Å². The topological polar surface area (TPSA) is 112 Å². The fourth-order valence-electron chi connectivity index (χ4n) is 4.51. The quantitative estimate of drug-likeness (QED) is 0.855. The van der Waals surface area contributed by atoms with Crippen LogP contribution >= 0.6 is 0 Å². The van der Waals surface area contributed by atoms with Gasteiger partial charge in [-0.15, -0.1) is 0 Å². The molecule has 2 aromatic rings. The SMILES string of the molecule is COc1c(N)ncnc1Nc1cc(C)c2n(c1=O)C1(CCCCC1)CC2=O. The Balaban J connectivity index is 1.85. The predicted octanol–water partition coefficient (Wildman–Crippen LogP) is 2.53. The number of carbonyl (C=O) groups is 1. The minimum absolute atomic E-state index is 0.0573. The van der Waals surface area contributed by atoms with E-state index in [-0.39, 0.29) is 28.4 Å². The van der Waals surface area contributed by atoms with Gasteiger partial charge < -0.3 is 15.8 Å². The number of aromatic nitrogens is 3. The fourth-order valence-corrected chi connectivity index (χ4v) is 4.51. The Hall–Kier alpha value is -2.90. The third-order valence-corrected chi connectivity index (χ3v) is 5.69. The highest BCUT2D eigenvalue weighted by molar-refractivity contribution is 5.99. The number of Topliss-reactive ketones (excluding diaryl/α,β-unsaturated/α-hetero) is 1. The van der Waals surface area contributed by atoms with E-state index in [0.717, 1.165) is 37.7 Å². The molecule has 2 aromatic heterocycles. The molecule has 0 radical (unpaired) electrons. The van der Waals surface area contributed by atoms with Crippen molar-refractivity contribution in [2.75, 3.05) is 18.2 Å². The predicted molar refractivity (Wildman–Crippen MR) is 102 cm³/mol. The summed E-state index contributed by atoms with van der Waals surface area (Å²) in [4.78, 5) is 34.1. The molecule has 8 nitrogen and oxygen atoms in total. The third-order valence-electron chi connectivity index (χ3n) is 5.69. The lowest BCUT2D eigenvalue weighted by molar-refractivity contribution is 0.0950. The summed E-state index contributed by atoms with van der Waals surface area (Å²) in [5.74, 6) is 0.849. The molecule has 0 bridgehead atoms. The Morgan fingerprint density at radius 3 is 2.67 bits per heavy atom. The fraction of sp³-hybridized carbons (Fsp3) is 0.474. The molecule has 8 heteroatoms. The molecule has 3 N–H and O–H groups in total. The molecule has 1 aliphatic carbocycles. The lowest BCUT2D eigenvalue weighted by Crippen LogP contribution is -2.40. The smallest absolute Gasteiger partial charge is 0.275 e. The summed E-state index contributed by atoms with van der Waals surface area (Å²) in [6.07, 6.45) is 6.66. The Labute approximate surface area is 156 Å². The largest absolute Gasteiger partial charge is 0.490 e. The van der Waals surface area contributed by atoms with Crippen molar-refractivity contribution in [3.63, 3.8) is 0 Å². The number of pyridine rings is 1.